The average Bonchev–Trinajstić information content (AvgIpc) is 2.48. The van der Waals surface area contributed by atoms with Crippen molar-refractivity contribution in [1.82, 2.24) is 0 Å². The van der Waals surface area contributed by atoms with E-state index < -0.39 is 17.3 Å². The van der Waals surface area contributed by atoms with Crippen LogP contribution in [0.1, 0.15) is 11.1 Å². The molecule has 0 fully saturated rings. The molecule has 0 spiro atoms. The quantitative estimate of drug-likeness (QED) is 0.498. The van der Waals surface area contributed by atoms with Gasteiger partial charge in [0.15, 0.2) is 6.29 Å². The van der Waals surface area contributed by atoms with Crippen LogP contribution in [0, 0.1) is 0 Å². The Morgan fingerprint density at radius 1 is 0.955 bits per heavy atom. The van der Waals surface area contributed by atoms with E-state index in [1.54, 1.807) is 54.6 Å². The molecule has 1 nitrogen and oxygen atoms in total. The van der Waals surface area contributed by atoms with Gasteiger partial charge < -0.3 is 0 Å². The van der Waals surface area contributed by atoms with Crippen LogP contribution in [0.4, 0.5) is 13.2 Å². The van der Waals surface area contributed by atoms with Crippen molar-refractivity contribution < 1.29 is 18.0 Å². The number of alkyl halides is 3. The average molecular weight is 387 g/mol. The molecule has 0 aliphatic rings. The summed E-state index contributed by atoms with van der Waals surface area (Å²) < 4.78 is 38.9. The highest BCUT2D eigenvalue weighted by Crippen LogP contribution is 2.41. The second-order valence-corrected chi connectivity index (χ2v) is 6.30. The minimum absolute atomic E-state index is 0.253. The number of carbonyl (C=O) groups is 1. The fourth-order valence-electron chi connectivity index (χ4n) is 1.93. The minimum atomic E-state index is -4.52. The first-order valence-corrected chi connectivity index (χ1v) is 7.78. The van der Waals surface area contributed by atoms with Crippen molar-refractivity contribution in [1.29, 1.82) is 0 Å². The molecule has 0 unspecified atom stereocenters. The Morgan fingerprint density at radius 3 is 2.00 bits per heavy atom. The summed E-state index contributed by atoms with van der Waals surface area (Å²) in [7, 11) is 0. The fraction of sp³-hybridized carbons (Fsp3) is 0.0625. The molecule has 0 aliphatic carbocycles. The van der Waals surface area contributed by atoms with Crippen molar-refractivity contribution in [3.8, 4) is 0 Å². The molecule has 0 atom stereocenters. The number of allylic oxidation sites excluding steroid dienone is 1. The maximum absolute atomic E-state index is 12.7. The topological polar surface area (TPSA) is 17.1 Å². The van der Waals surface area contributed by atoms with Gasteiger partial charge >= 0.3 is 5.51 Å². The molecule has 2 aromatic rings. The number of carbonyl (C=O) groups excluding carboxylic acids is 1. The summed E-state index contributed by atoms with van der Waals surface area (Å²) >= 11 is 2.89. The Hall–Kier alpha value is -1.53. The standard InChI is InChI=1S/C16H10BrF3OS/c17-13-8-6-12(7-9-13)15(11-4-2-1-3-5-11)14(10-21)22-16(18,19)20/h1-10H/b15-14-. The van der Waals surface area contributed by atoms with Gasteiger partial charge in [-0.05, 0) is 35.0 Å². The van der Waals surface area contributed by atoms with Crippen LogP contribution in [0.5, 0.6) is 0 Å². The predicted octanol–water partition coefficient (Wildman–Crippen LogP) is 5.66. The molecule has 6 heteroatoms. The lowest BCUT2D eigenvalue weighted by Gasteiger charge is -2.13. The Kier molecular flexibility index (Phi) is 5.47. The summed E-state index contributed by atoms with van der Waals surface area (Å²) in [5, 5.41) is 0. The predicted molar refractivity (Wildman–Crippen MR) is 86.3 cm³/mol. The third kappa shape index (κ3) is 4.48. The summed E-state index contributed by atoms with van der Waals surface area (Å²) in [6.45, 7) is 0. The third-order valence-corrected chi connectivity index (χ3v) is 4.05. The van der Waals surface area contributed by atoms with Gasteiger partial charge in [0.25, 0.3) is 0 Å². The van der Waals surface area contributed by atoms with Crippen LogP contribution in [0.25, 0.3) is 5.57 Å². The Balaban J connectivity index is 2.63. The summed E-state index contributed by atoms with van der Waals surface area (Å²) in [6, 6.07) is 15.3. The largest absolute Gasteiger partial charge is 0.446 e. The van der Waals surface area contributed by atoms with E-state index in [1.165, 1.54) is 0 Å². The minimum Gasteiger partial charge on any atom is -0.297 e. The second-order valence-electron chi connectivity index (χ2n) is 4.28. The first kappa shape index (κ1) is 16.8. The molecule has 0 radical (unpaired) electrons. The fourth-order valence-corrected chi connectivity index (χ4v) is 2.83. The van der Waals surface area contributed by atoms with Crippen molar-refractivity contribution in [3.63, 3.8) is 0 Å². The number of benzene rings is 2. The lowest BCUT2D eigenvalue weighted by atomic mass is 9.98. The first-order valence-electron chi connectivity index (χ1n) is 6.17. The van der Waals surface area contributed by atoms with Gasteiger partial charge in [-0.2, -0.15) is 13.2 Å². The van der Waals surface area contributed by atoms with E-state index in [1.807, 2.05) is 0 Å². The Labute approximate surface area is 138 Å². The van der Waals surface area contributed by atoms with Crippen LogP contribution in [-0.4, -0.2) is 11.8 Å². The summed E-state index contributed by atoms with van der Waals surface area (Å²) in [5.74, 6) is 0. The lowest BCUT2D eigenvalue weighted by molar-refractivity contribution is -0.104. The highest BCUT2D eigenvalue weighted by molar-refractivity contribution is 9.10. The Morgan fingerprint density at radius 2 is 1.50 bits per heavy atom. The molecule has 2 rings (SSSR count). The van der Waals surface area contributed by atoms with Crippen molar-refractivity contribution in [3.05, 3.63) is 75.1 Å². The van der Waals surface area contributed by atoms with Gasteiger partial charge in [-0.25, -0.2) is 0 Å². The van der Waals surface area contributed by atoms with Gasteiger partial charge in [-0.1, -0.05) is 58.4 Å². The van der Waals surface area contributed by atoms with E-state index in [4.69, 9.17) is 0 Å². The van der Waals surface area contributed by atoms with E-state index in [2.05, 4.69) is 15.9 Å². The molecule has 0 heterocycles. The molecular weight excluding hydrogens is 377 g/mol. The SMILES string of the molecule is O=C/C(SC(F)(F)F)=C(\c1ccccc1)c1ccc(Br)cc1. The molecule has 0 bridgehead atoms. The molecule has 0 N–H and O–H groups in total. The number of thioether (sulfide) groups is 1. The van der Waals surface area contributed by atoms with Crippen LogP contribution in [-0.2, 0) is 4.79 Å². The van der Waals surface area contributed by atoms with Gasteiger partial charge in [0.2, 0.25) is 0 Å². The van der Waals surface area contributed by atoms with E-state index >= 15 is 0 Å². The molecule has 22 heavy (non-hydrogen) atoms. The number of aldehydes is 1. The van der Waals surface area contributed by atoms with Gasteiger partial charge in [0.1, 0.15) is 0 Å². The zero-order valence-corrected chi connectivity index (χ0v) is 13.5. The molecule has 0 amide bonds. The molecule has 0 saturated carbocycles. The Bertz CT molecular complexity index is 679. The highest BCUT2D eigenvalue weighted by atomic mass is 79.9. The molecular formula is C16H10BrF3OS. The number of rotatable bonds is 4. The number of halogens is 4. The van der Waals surface area contributed by atoms with Gasteiger partial charge in [0.05, 0.1) is 4.91 Å². The van der Waals surface area contributed by atoms with Crippen LogP contribution < -0.4 is 0 Å². The van der Waals surface area contributed by atoms with Crippen LogP contribution in [0.2, 0.25) is 0 Å². The third-order valence-electron chi connectivity index (χ3n) is 2.77. The molecule has 114 valence electrons. The second kappa shape index (κ2) is 7.15. The van der Waals surface area contributed by atoms with Gasteiger partial charge in [-0.3, -0.25) is 4.79 Å². The smallest absolute Gasteiger partial charge is 0.297 e. The van der Waals surface area contributed by atoms with Gasteiger partial charge in [0, 0.05) is 10.0 Å². The highest BCUT2D eigenvalue weighted by Gasteiger charge is 2.32. The van der Waals surface area contributed by atoms with Crippen molar-refractivity contribution in [2.24, 2.45) is 0 Å². The van der Waals surface area contributed by atoms with Crippen LogP contribution in [0.15, 0.2) is 64.0 Å². The molecule has 0 aromatic heterocycles. The van der Waals surface area contributed by atoms with Crippen molar-refractivity contribution in [2.75, 3.05) is 0 Å². The zero-order chi connectivity index (χ0) is 16.2. The van der Waals surface area contributed by atoms with E-state index in [0.717, 1.165) is 4.47 Å². The van der Waals surface area contributed by atoms with Crippen molar-refractivity contribution in [2.45, 2.75) is 5.51 Å². The number of hydrogen-bond donors (Lipinski definition) is 0. The van der Waals surface area contributed by atoms with Crippen molar-refractivity contribution >= 4 is 39.6 Å². The number of hydrogen-bond acceptors (Lipinski definition) is 2. The maximum atomic E-state index is 12.7. The van der Waals surface area contributed by atoms with E-state index in [-0.39, 0.29) is 16.8 Å². The first-order chi connectivity index (χ1) is 10.4. The van der Waals surface area contributed by atoms with Crippen LogP contribution in [0.3, 0.4) is 0 Å². The normalized spacial score (nSPS) is 12.7. The lowest BCUT2D eigenvalue weighted by Crippen LogP contribution is -2.03. The van der Waals surface area contributed by atoms with E-state index in [9.17, 15) is 18.0 Å². The molecule has 0 saturated heterocycles. The van der Waals surface area contributed by atoms with Crippen LogP contribution >= 0.6 is 27.7 Å². The maximum Gasteiger partial charge on any atom is 0.446 e. The zero-order valence-electron chi connectivity index (χ0n) is 11.1. The summed E-state index contributed by atoms with van der Waals surface area (Å²) in [4.78, 5) is 10.9. The van der Waals surface area contributed by atoms with E-state index in [0.29, 0.717) is 11.1 Å². The summed E-state index contributed by atoms with van der Waals surface area (Å²) in [5.41, 5.74) is -3.15. The molecule has 0 aliphatic heterocycles. The van der Waals surface area contributed by atoms with Gasteiger partial charge in [-0.15, -0.1) is 0 Å². The molecule has 2 aromatic carbocycles. The monoisotopic (exact) mass is 386 g/mol. The summed E-state index contributed by atoms with van der Waals surface area (Å²) in [6.07, 6.45) is 0.253.